The summed E-state index contributed by atoms with van der Waals surface area (Å²) in [5, 5.41) is 16.3. The van der Waals surface area contributed by atoms with Gasteiger partial charge in [0.15, 0.2) is 29.5 Å². The monoisotopic (exact) mass is 2040 g/mol. The van der Waals surface area contributed by atoms with E-state index in [1.54, 1.807) is 183 Å². The molecule has 12 aromatic carbocycles. The Morgan fingerprint density at radius 3 is 1.02 bits per heavy atom. The summed E-state index contributed by atoms with van der Waals surface area (Å²) in [6.07, 6.45) is 1.97. The molecule has 0 radical (unpaired) electrons. The fraction of sp³-hybridized carbons (Fsp3) is 0.245. The van der Waals surface area contributed by atoms with Gasteiger partial charge in [0.2, 0.25) is 35.4 Å². The number of hydroxylamine groups is 1. The molecule has 0 spiro atoms. The van der Waals surface area contributed by atoms with Crippen molar-refractivity contribution < 1.29 is 107 Å². The summed E-state index contributed by atoms with van der Waals surface area (Å²) >= 11 is 3.29. The number of hydrogen-bond donors (Lipinski definition) is 4. The number of aliphatic carboxylic acids is 1. The molecule has 0 saturated carbocycles. The van der Waals surface area contributed by atoms with E-state index in [9.17, 15) is 67.8 Å². The first-order valence-electron chi connectivity index (χ1n) is 45.2. The molecule has 7 unspecified atom stereocenters. The van der Waals surface area contributed by atoms with Crippen molar-refractivity contribution in [2.75, 3.05) is 105 Å². The van der Waals surface area contributed by atoms with Crippen LogP contribution in [0.2, 0.25) is 0 Å². The second-order valence-electron chi connectivity index (χ2n) is 32.8. The van der Waals surface area contributed by atoms with Gasteiger partial charge < -0.3 is 58.4 Å². The Kier molecular flexibility index (Phi) is 35.5. The second kappa shape index (κ2) is 47.9. The number of nitrogens with zero attached hydrogens (tertiary/aromatic N) is 5. The highest BCUT2D eigenvalue weighted by molar-refractivity contribution is 8.01. The number of benzene rings is 12. The zero-order valence-corrected chi connectivity index (χ0v) is 84.0. The molecule has 6 heterocycles. The van der Waals surface area contributed by atoms with Gasteiger partial charge >= 0.3 is 5.97 Å². The van der Waals surface area contributed by atoms with Crippen molar-refractivity contribution in [3.8, 4) is 34.5 Å². The lowest BCUT2D eigenvalue weighted by Gasteiger charge is -2.33. The van der Waals surface area contributed by atoms with E-state index in [1.807, 2.05) is 165 Å². The van der Waals surface area contributed by atoms with Crippen LogP contribution in [0, 0.1) is 0 Å². The molecule has 0 saturated heterocycles. The molecule has 4 N–H and O–H groups in total. The fourth-order valence-electron chi connectivity index (χ4n) is 16.7. The number of carboxylic acids is 1. The Labute approximate surface area is 835 Å². The van der Waals surface area contributed by atoms with Crippen LogP contribution in [0.15, 0.2) is 321 Å². The molecule has 0 aromatic heterocycles. The largest absolute Gasteiger partial charge is 0.497 e. The van der Waals surface area contributed by atoms with Gasteiger partial charge in [-0.05, 0) is 238 Å². The fourth-order valence-corrected chi connectivity index (χ4v) is 26.3. The first-order valence-corrected chi connectivity index (χ1v) is 52.8. The highest BCUT2D eigenvalue weighted by Crippen LogP contribution is 2.44. The van der Waals surface area contributed by atoms with Crippen LogP contribution in [0.5, 0.6) is 34.5 Å². The first kappa shape index (κ1) is 105. The normalized spacial score (nSPS) is 18.4. The predicted molar refractivity (Wildman–Crippen MR) is 546 cm³/mol. The molecule has 12 aromatic rings. The smallest absolute Gasteiger partial charge is 0.323 e. The molecule has 740 valence electrons. The van der Waals surface area contributed by atoms with Gasteiger partial charge in [-0.15, -0.1) is 23.5 Å². The van der Waals surface area contributed by atoms with Crippen LogP contribution in [0.4, 0.5) is 34.1 Å². The quantitative estimate of drug-likeness (QED) is 0.0305. The van der Waals surface area contributed by atoms with Crippen molar-refractivity contribution in [3.05, 3.63) is 325 Å². The van der Waals surface area contributed by atoms with Crippen LogP contribution >= 0.6 is 23.5 Å². The molecule has 30 nitrogen and oxygen atoms in total. The highest BCUT2D eigenvalue weighted by atomic mass is 32.2. The number of hydrogen-bond acceptors (Lipinski definition) is 24. The lowest BCUT2D eigenvalue weighted by Crippen LogP contribution is -2.51. The summed E-state index contributed by atoms with van der Waals surface area (Å²) in [6, 6.07) is 86.0. The average molecular weight is 2040 g/mol. The van der Waals surface area contributed by atoms with E-state index < -0.39 is 98.1 Å². The maximum atomic E-state index is 13.0. The molecule has 6 aliphatic rings. The minimum Gasteiger partial charge on any atom is -0.497 e. The van der Waals surface area contributed by atoms with Crippen LogP contribution in [0.3, 0.4) is 0 Å². The predicted octanol–water partition coefficient (Wildman–Crippen LogP) is 14.8. The van der Waals surface area contributed by atoms with Crippen LogP contribution < -0.4 is 63.7 Å². The summed E-state index contributed by atoms with van der Waals surface area (Å²) in [5.41, 5.74) is 10.2. The molecular weight excluding hydrogens is 1930 g/mol. The van der Waals surface area contributed by atoms with Gasteiger partial charge in [-0.3, -0.25) is 52.7 Å². The standard InChI is InChI=1S/C18H18N2O6S.C18H17NO6S.C18H19NO4S.C18H19NO3S.C18H19NO2S.C16H15NO2S/c1-26-13-8-6-12(7-9-13)10-16-18(22)20(11-17(21)19-23)14-4-2-3-5-15(14)27(16,24)25;1-25-13-8-6-12(7-9-13)10-16-18(22)19(11-17(20)21)14-4-2-3-5-15(14)26(16,23)24;1-3-19-15-6-4-5-7-16(15)24(21,22)17(18(19)20)12-13-8-10-14(23-2)11-9-13;1-3-19-15-6-4-5-7-16(15)23(21)17(18(19)20)12-13-8-10-14(22-2)11-9-13;1-3-19-15-6-4-5-7-16(15)22-17(18(19)20)12-13-8-10-14(21-2)11-9-13;1-19-12-8-6-11(7-9-12)10-15-16(18)17-13-4-2-3-5-14(13)20-15/h2-9,16,23H,10-11H2,1H3,(H,19,21);2-9,16H,10-11H2,1H3,(H,20,21);4-11,17H,3,12H2,1-2H3;4-11,17H,3,12H2,1-2H3;4-11,17H,3,12H2,1-2H3;2-9,15H,10H2,1H3,(H,17,18). The molecule has 0 aliphatic carbocycles. The molecule has 18 rings (SSSR count). The Morgan fingerprint density at radius 2 is 0.641 bits per heavy atom. The first-order chi connectivity index (χ1) is 68.3. The lowest BCUT2D eigenvalue weighted by molar-refractivity contribution is -0.136. The van der Waals surface area contributed by atoms with Crippen LogP contribution in [0.1, 0.15) is 54.2 Å². The van der Waals surface area contributed by atoms with E-state index in [-0.39, 0.29) is 79.5 Å². The lowest BCUT2D eigenvalue weighted by atomic mass is 10.1. The van der Waals surface area contributed by atoms with Gasteiger partial charge in [0.25, 0.3) is 5.91 Å². The molecule has 0 bridgehead atoms. The molecule has 7 atom stereocenters. The number of anilines is 6. The number of rotatable bonds is 25. The Morgan fingerprint density at radius 1 is 0.345 bits per heavy atom. The number of ether oxygens (including phenoxy) is 6. The average Bonchev–Trinajstić information content (AvgIpc) is 0.744. The third kappa shape index (κ3) is 24.4. The molecule has 142 heavy (non-hydrogen) atoms. The van der Waals surface area contributed by atoms with Crippen molar-refractivity contribution in [3.63, 3.8) is 0 Å². The van der Waals surface area contributed by atoms with Crippen LogP contribution in [0.25, 0.3) is 0 Å². The van der Waals surface area contributed by atoms with Gasteiger partial charge in [0, 0.05) is 29.4 Å². The molecule has 36 heteroatoms. The van der Waals surface area contributed by atoms with E-state index in [0.29, 0.717) is 60.1 Å². The number of nitrogens with one attached hydrogen (secondary N) is 2. The number of para-hydroxylation sites is 6. The number of methoxy groups -OCH3 is 6. The van der Waals surface area contributed by atoms with E-state index in [4.69, 9.17) is 38.7 Å². The van der Waals surface area contributed by atoms with Gasteiger partial charge in [-0.2, -0.15) is 0 Å². The van der Waals surface area contributed by atoms with Crippen molar-refractivity contribution in [2.24, 2.45) is 0 Å². The van der Waals surface area contributed by atoms with Gasteiger partial charge in [-0.25, -0.2) is 30.7 Å². The zero-order valence-electron chi connectivity index (χ0n) is 79.1. The highest BCUT2D eigenvalue weighted by Gasteiger charge is 2.48. The second-order valence-corrected chi connectivity index (χ2v) is 43.2. The van der Waals surface area contributed by atoms with Crippen molar-refractivity contribution in [1.29, 1.82) is 0 Å². The van der Waals surface area contributed by atoms with Crippen molar-refractivity contribution in [1.82, 2.24) is 5.48 Å². The molecule has 6 aliphatic heterocycles. The number of carboxylic acid groups (broad SMARTS) is 1. The number of thioether (sulfide) groups is 2. The summed E-state index contributed by atoms with van der Waals surface area (Å²) in [7, 11) is -3.38. The van der Waals surface area contributed by atoms with Crippen LogP contribution in [-0.2, 0) is 117 Å². The summed E-state index contributed by atoms with van der Waals surface area (Å²) in [6.45, 7) is 6.44. The van der Waals surface area contributed by atoms with Crippen molar-refractivity contribution >= 4 is 145 Å². The number of carbonyl (C=O) groups excluding carboxylic acids is 7. The van der Waals surface area contributed by atoms with E-state index in [0.717, 1.165) is 89.0 Å². The summed E-state index contributed by atoms with van der Waals surface area (Å²) in [4.78, 5) is 109. The third-order valence-corrected chi connectivity index (χ3v) is 34.5. The SMILES string of the molecule is CCN1C(=O)C(Cc2ccc(OC)cc2)S(=O)(=O)c2ccccc21.CCN1C(=O)C(Cc2ccc(OC)cc2)S(=O)c2ccccc21.CCN1C(=O)C(Cc2ccc(OC)cc2)Sc2ccccc21.COc1ccc(CC2C(=O)N(CC(=O)NO)c3ccccc3S2(=O)=O)cc1.COc1ccc(CC2C(=O)N(CC(=O)O)c3ccccc3S2(=O)=O)cc1.COc1ccc(CC2Sc3ccccc3NC2=O)cc1. The minimum atomic E-state index is -3.94. The topological polar surface area (TPSA) is 392 Å². The summed E-state index contributed by atoms with van der Waals surface area (Å²) in [5.74, 6) is 0.715. The Hall–Kier alpha value is -14.1. The Balaban J connectivity index is 0.000000143. The molecule has 0 fully saturated rings. The van der Waals surface area contributed by atoms with Gasteiger partial charge in [0.1, 0.15) is 68.6 Å². The maximum Gasteiger partial charge on any atom is 0.323 e. The maximum absolute atomic E-state index is 13.0. The third-order valence-electron chi connectivity index (χ3n) is 24.1. The van der Waals surface area contributed by atoms with Crippen molar-refractivity contribution in [2.45, 2.75) is 120 Å². The number of sulfone groups is 3. The minimum absolute atomic E-state index is 0.0196. The van der Waals surface area contributed by atoms with E-state index in [2.05, 4.69) is 11.4 Å². The molecule has 7 amide bonds. The van der Waals surface area contributed by atoms with E-state index in [1.165, 1.54) is 48.9 Å². The van der Waals surface area contributed by atoms with E-state index >= 15 is 0 Å². The summed E-state index contributed by atoms with van der Waals surface area (Å²) < 4.78 is 121. The number of carbonyl (C=O) groups is 8. The zero-order chi connectivity index (χ0) is 102. The Bertz CT molecular complexity index is 6950. The number of fused-ring (bicyclic) bond motifs is 6. The number of amides is 7. The molecular formula is C106H107N7O23S6. The van der Waals surface area contributed by atoms with Gasteiger partial charge in [-0.1, -0.05) is 146 Å². The van der Waals surface area contributed by atoms with Gasteiger partial charge in [0.05, 0.1) is 118 Å². The van der Waals surface area contributed by atoms with Crippen LogP contribution in [-0.4, -0.2) is 194 Å².